The van der Waals surface area contributed by atoms with Gasteiger partial charge in [-0.1, -0.05) is 6.42 Å². The maximum absolute atomic E-state index is 11.3. The smallest absolute Gasteiger partial charge is 0.150 e. The van der Waals surface area contributed by atoms with Gasteiger partial charge in [0, 0.05) is 0 Å². The maximum Gasteiger partial charge on any atom is 0.150 e. The Bertz CT molecular complexity index is 225. The van der Waals surface area contributed by atoms with Gasteiger partial charge in [0.1, 0.15) is 0 Å². The summed E-state index contributed by atoms with van der Waals surface area (Å²) in [5.41, 5.74) is 0. The molecule has 1 heterocycles. The van der Waals surface area contributed by atoms with E-state index >= 15 is 0 Å². The van der Waals surface area contributed by atoms with Gasteiger partial charge in [0.05, 0.1) is 11.5 Å². The second-order valence-corrected chi connectivity index (χ2v) is 6.13. The number of hydrogen-bond donors (Lipinski definition) is 0. The van der Waals surface area contributed by atoms with Gasteiger partial charge in [-0.05, 0) is 31.1 Å². The highest BCUT2D eigenvalue weighted by Crippen LogP contribution is 2.35. The SMILES string of the molecule is O=S1(=O)CC2CCCC(C2)C1. The highest BCUT2D eigenvalue weighted by atomic mass is 32.2. The maximum atomic E-state index is 11.3. The van der Waals surface area contributed by atoms with Crippen molar-refractivity contribution in [3.05, 3.63) is 0 Å². The van der Waals surface area contributed by atoms with Crippen molar-refractivity contribution < 1.29 is 8.42 Å². The standard InChI is InChI=1S/C8H14O2S/c9-11(10)5-7-2-1-3-8(4-7)6-11/h7-8H,1-6H2. The molecule has 1 saturated heterocycles. The van der Waals surface area contributed by atoms with Crippen LogP contribution in [0.2, 0.25) is 0 Å². The van der Waals surface area contributed by atoms with E-state index in [-0.39, 0.29) is 0 Å². The van der Waals surface area contributed by atoms with Gasteiger partial charge in [0.2, 0.25) is 0 Å². The van der Waals surface area contributed by atoms with Crippen LogP contribution in [0.4, 0.5) is 0 Å². The number of fused-ring (bicyclic) bond motifs is 2. The number of rotatable bonds is 0. The summed E-state index contributed by atoms with van der Waals surface area (Å²) in [4.78, 5) is 0. The quantitative estimate of drug-likeness (QED) is 0.553. The first-order valence-corrected chi connectivity index (χ1v) is 6.18. The molecule has 2 nitrogen and oxygen atoms in total. The van der Waals surface area contributed by atoms with Gasteiger partial charge in [-0.2, -0.15) is 0 Å². The molecule has 1 aliphatic carbocycles. The van der Waals surface area contributed by atoms with Crippen LogP contribution in [0, 0.1) is 11.8 Å². The van der Waals surface area contributed by atoms with Crippen molar-refractivity contribution in [1.29, 1.82) is 0 Å². The summed E-state index contributed by atoms with van der Waals surface area (Å²) >= 11 is 0. The molecule has 2 fully saturated rings. The van der Waals surface area contributed by atoms with Crippen LogP contribution in [0.25, 0.3) is 0 Å². The van der Waals surface area contributed by atoms with Crippen molar-refractivity contribution in [2.45, 2.75) is 25.7 Å². The van der Waals surface area contributed by atoms with E-state index in [0.29, 0.717) is 23.3 Å². The lowest BCUT2D eigenvalue weighted by Crippen LogP contribution is -2.34. The second-order valence-electron chi connectivity index (χ2n) is 3.98. The molecule has 2 atom stereocenters. The van der Waals surface area contributed by atoms with Crippen molar-refractivity contribution in [3.63, 3.8) is 0 Å². The molecular weight excluding hydrogens is 160 g/mol. The predicted octanol–water partition coefficient (Wildman–Crippen LogP) is 1.22. The molecule has 11 heavy (non-hydrogen) atoms. The molecule has 0 aromatic rings. The minimum Gasteiger partial charge on any atom is -0.229 e. The summed E-state index contributed by atoms with van der Waals surface area (Å²) in [6.07, 6.45) is 4.73. The lowest BCUT2D eigenvalue weighted by molar-refractivity contribution is 0.288. The van der Waals surface area contributed by atoms with E-state index in [1.165, 1.54) is 12.8 Å². The van der Waals surface area contributed by atoms with E-state index < -0.39 is 9.84 Å². The van der Waals surface area contributed by atoms with Crippen LogP contribution in [0.1, 0.15) is 25.7 Å². The summed E-state index contributed by atoms with van der Waals surface area (Å²) in [7, 11) is -2.64. The molecule has 64 valence electrons. The Morgan fingerprint density at radius 2 is 1.55 bits per heavy atom. The van der Waals surface area contributed by atoms with Gasteiger partial charge in [0.25, 0.3) is 0 Å². The molecule has 0 aromatic heterocycles. The fraction of sp³-hybridized carbons (Fsp3) is 1.00. The van der Waals surface area contributed by atoms with Crippen LogP contribution < -0.4 is 0 Å². The van der Waals surface area contributed by atoms with Gasteiger partial charge in [-0.15, -0.1) is 0 Å². The zero-order valence-electron chi connectivity index (χ0n) is 6.62. The van der Waals surface area contributed by atoms with Gasteiger partial charge >= 0.3 is 0 Å². The fourth-order valence-corrected chi connectivity index (χ4v) is 4.67. The lowest BCUT2D eigenvalue weighted by Gasteiger charge is -2.33. The van der Waals surface area contributed by atoms with Gasteiger partial charge in [-0.3, -0.25) is 0 Å². The Balaban J connectivity index is 2.18. The van der Waals surface area contributed by atoms with Gasteiger partial charge in [-0.25, -0.2) is 8.42 Å². The monoisotopic (exact) mass is 174 g/mol. The van der Waals surface area contributed by atoms with E-state index in [9.17, 15) is 8.42 Å². The average molecular weight is 174 g/mol. The Hall–Kier alpha value is -0.0500. The average Bonchev–Trinajstić information content (AvgIpc) is 1.82. The summed E-state index contributed by atoms with van der Waals surface area (Å²) in [5.74, 6) is 1.97. The Morgan fingerprint density at radius 1 is 1.00 bits per heavy atom. The zero-order chi connectivity index (χ0) is 7.90. The highest BCUT2D eigenvalue weighted by Gasteiger charge is 2.34. The number of sulfone groups is 1. The first-order valence-electron chi connectivity index (χ1n) is 4.36. The van der Waals surface area contributed by atoms with E-state index in [0.717, 1.165) is 12.8 Å². The van der Waals surface area contributed by atoms with Crippen LogP contribution in [0.5, 0.6) is 0 Å². The molecule has 2 bridgehead atoms. The lowest BCUT2D eigenvalue weighted by atomic mass is 9.83. The predicted molar refractivity (Wildman–Crippen MR) is 44.1 cm³/mol. The van der Waals surface area contributed by atoms with Crippen LogP contribution in [0.15, 0.2) is 0 Å². The Morgan fingerprint density at radius 3 is 2.09 bits per heavy atom. The van der Waals surface area contributed by atoms with E-state index in [4.69, 9.17) is 0 Å². The molecule has 2 rings (SSSR count). The van der Waals surface area contributed by atoms with Crippen LogP contribution in [-0.2, 0) is 9.84 Å². The fourth-order valence-electron chi connectivity index (χ4n) is 2.49. The molecule has 0 radical (unpaired) electrons. The molecule has 1 saturated carbocycles. The van der Waals surface area contributed by atoms with Crippen molar-refractivity contribution in [1.82, 2.24) is 0 Å². The van der Waals surface area contributed by atoms with Crippen molar-refractivity contribution in [2.75, 3.05) is 11.5 Å². The normalized spacial score (nSPS) is 41.8. The van der Waals surface area contributed by atoms with Gasteiger partial charge in [0.15, 0.2) is 9.84 Å². The third-order valence-electron chi connectivity index (χ3n) is 2.87. The summed E-state index contributed by atoms with van der Waals surface area (Å²) in [6.45, 7) is 0. The molecule has 1 aliphatic heterocycles. The van der Waals surface area contributed by atoms with Crippen molar-refractivity contribution >= 4 is 9.84 Å². The van der Waals surface area contributed by atoms with Crippen LogP contribution >= 0.6 is 0 Å². The Labute approximate surface area is 67.9 Å². The number of hydrogen-bond acceptors (Lipinski definition) is 2. The largest absolute Gasteiger partial charge is 0.229 e. The molecular formula is C8H14O2S. The first-order chi connectivity index (χ1) is 5.16. The summed E-state index contributed by atoms with van der Waals surface area (Å²) in [5, 5.41) is 0. The molecule has 0 N–H and O–H groups in total. The minimum atomic E-state index is -2.64. The second kappa shape index (κ2) is 2.47. The summed E-state index contributed by atoms with van der Waals surface area (Å²) < 4.78 is 22.5. The molecule has 0 amide bonds. The topological polar surface area (TPSA) is 34.1 Å². The van der Waals surface area contributed by atoms with Crippen molar-refractivity contribution in [2.24, 2.45) is 11.8 Å². The molecule has 0 aromatic carbocycles. The van der Waals surface area contributed by atoms with Crippen LogP contribution in [-0.4, -0.2) is 19.9 Å². The molecule has 2 aliphatic rings. The van der Waals surface area contributed by atoms with E-state index in [2.05, 4.69) is 0 Å². The van der Waals surface area contributed by atoms with Crippen LogP contribution in [0.3, 0.4) is 0 Å². The zero-order valence-corrected chi connectivity index (χ0v) is 7.44. The third-order valence-corrected chi connectivity index (χ3v) is 4.83. The van der Waals surface area contributed by atoms with Crippen molar-refractivity contribution in [3.8, 4) is 0 Å². The minimum absolute atomic E-state index is 0.476. The first kappa shape index (κ1) is 7.59. The Kier molecular flexibility index (Phi) is 1.71. The highest BCUT2D eigenvalue weighted by molar-refractivity contribution is 7.91. The van der Waals surface area contributed by atoms with E-state index in [1.54, 1.807) is 0 Å². The molecule has 3 heteroatoms. The molecule has 0 spiro atoms. The summed E-state index contributed by atoms with van der Waals surface area (Å²) in [6, 6.07) is 0. The molecule has 2 unspecified atom stereocenters. The van der Waals surface area contributed by atoms with E-state index in [1.807, 2.05) is 0 Å². The third kappa shape index (κ3) is 1.58. The van der Waals surface area contributed by atoms with Gasteiger partial charge < -0.3 is 0 Å².